The molecule has 5 nitrogen and oxygen atoms in total. The standard InChI is InChI=1S/C19H24N2O3/c22-18(12-24-16-9-6-13-3-1-4-14(13)11-16)21-10-2-5-17(21)19(23)20-15-7-8-15/h6,9,11,15,17H,1-5,7-8,10,12H2,(H,20,23). The summed E-state index contributed by atoms with van der Waals surface area (Å²) in [6.07, 6.45) is 7.19. The summed E-state index contributed by atoms with van der Waals surface area (Å²) in [6.45, 7) is 0.654. The molecule has 5 heteroatoms. The Hall–Kier alpha value is -2.04. The predicted octanol–water partition coefficient (Wildman–Crippen LogP) is 1.82. The SMILES string of the molecule is O=C(NC1CC1)C1CCCN1C(=O)COc1ccc2c(c1)CCC2. The first-order valence-electron chi connectivity index (χ1n) is 9.05. The van der Waals surface area contributed by atoms with E-state index in [-0.39, 0.29) is 24.5 Å². The Balaban J connectivity index is 1.34. The minimum atomic E-state index is -0.318. The van der Waals surface area contributed by atoms with Crippen LogP contribution in [-0.2, 0) is 22.4 Å². The number of ether oxygens (including phenoxy) is 1. The summed E-state index contributed by atoms with van der Waals surface area (Å²) in [4.78, 5) is 26.4. The molecule has 2 amide bonds. The number of carbonyl (C=O) groups is 2. The van der Waals surface area contributed by atoms with Crippen molar-refractivity contribution < 1.29 is 14.3 Å². The largest absolute Gasteiger partial charge is 0.484 e. The van der Waals surface area contributed by atoms with Crippen molar-refractivity contribution in [1.29, 1.82) is 0 Å². The second-order valence-electron chi connectivity index (χ2n) is 7.10. The number of nitrogens with zero attached hydrogens (tertiary/aromatic N) is 1. The van der Waals surface area contributed by atoms with Crippen molar-refractivity contribution in [3.05, 3.63) is 29.3 Å². The molecule has 3 aliphatic rings. The molecule has 1 aliphatic heterocycles. The molecule has 0 spiro atoms. The number of aryl methyl sites for hydroxylation is 2. The summed E-state index contributed by atoms with van der Waals surface area (Å²) in [6, 6.07) is 6.11. The van der Waals surface area contributed by atoms with Crippen LogP contribution in [0.2, 0.25) is 0 Å². The van der Waals surface area contributed by atoms with E-state index >= 15 is 0 Å². The molecule has 2 fully saturated rings. The Bertz CT molecular complexity index is 654. The Kier molecular flexibility index (Phi) is 4.17. The highest BCUT2D eigenvalue weighted by Crippen LogP contribution is 2.26. The zero-order valence-electron chi connectivity index (χ0n) is 13.9. The maximum absolute atomic E-state index is 12.5. The summed E-state index contributed by atoms with van der Waals surface area (Å²) in [5.74, 6) is 0.659. The van der Waals surface area contributed by atoms with Gasteiger partial charge in [-0.05, 0) is 68.2 Å². The summed E-state index contributed by atoms with van der Waals surface area (Å²) < 4.78 is 5.70. The van der Waals surface area contributed by atoms with Gasteiger partial charge in [0.2, 0.25) is 5.91 Å². The Morgan fingerprint density at radius 2 is 1.96 bits per heavy atom. The minimum absolute atomic E-state index is 0.000816. The number of nitrogens with one attached hydrogen (secondary N) is 1. The highest BCUT2D eigenvalue weighted by Gasteiger charge is 2.36. The zero-order valence-corrected chi connectivity index (χ0v) is 13.9. The number of benzene rings is 1. The lowest BCUT2D eigenvalue weighted by Crippen LogP contribution is -2.47. The molecule has 24 heavy (non-hydrogen) atoms. The van der Waals surface area contributed by atoms with Gasteiger partial charge in [-0.25, -0.2) is 0 Å². The van der Waals surface area contributed by atoms with Crippen LogP contribution in [0.3, 0.4) is 0 Å². The molecule has 2 aliphatic carbocycles. The molecule has 1 N–H and O–H groups in total. The Morgan fingerprint density at radius 1 is 1.12 bits per heavy atom. The van der Waals surface area contributed by atoms with E-state index < -0.39 is 0 Å². The number of hydrogen-bond donors (Lipinski definition) is 1. The smallest absolute Gasteiger partial charge is 0.261 e. The predicted molar refractivity (Wildman–Crippen MR) is 89.9 cm³/mol. The number of hydrogen-bond acceptors (Lipinski definition) is 3. The van der Waals surface area contributed by atoms with Crippen LogP contribution in [0.15, 0.2) is 18.2 Å². The van der Waals surface area contributed by atoms with Gasteiger partial charge in [-0.3, -0.25) is 9.59 Å². The lowest BCUT2D eigenvalue weighted by atomic mass is 10.1. The van der Waals surface area contributed by atoms with Crippen LogP contribution in [0.25, 0.3) is 0 Å². The second kappa shape index (κ2) is 6.46. The fraction of sp³-hybridized carbons (Fsp3) is 0.579. The second-order valence-corrected chi connectivity index (χ2v) is 7.10. The fourth-order valence-corrected chi connectivity index (χ4v) is 3.73. The average molecular weight is 328 g/mol. The van der Waals surface area contributed by atoms with E-state index in [1.54, 1.807) is 4.90 Å². The van der Waals surface area contributed by atoms with Gasteiger partial charge in [0.1, 0.15) is 11.8 Å². The molecule has 1 saturated carbocycles. The van der Waals surface area contributed by atoms with Crippen molar-refractivity contribution in [2.45, 2.75) is 57.0 Å². The van der Waals surface area contributed by atoms with E-state index in [0.29, 0.717) is 12.6 Å². The van der Waals surface area contributed by atoms with Gasteiger partial charge in [0, 0.05) is 12.6 Å². The van der Waals surface area contributed by atoms with E-state index in [2.05, 4.69) is 17.4 Å². The van der Waals surface area contributed by atoms with Crippen LogP contribution >= 0.6 is 0 Å². The van der Waals surface area contributed by atoms with Gasteiger partial charge in [-0.2, -0.15) is 0 Å². The number of likely N-dealkylation sites (tertiary alicyclic amines) is 1. The minimum Gasteiger partial charge on any atom is -0.484 e. The van der Waals surface area contributed by atoms with E-state index in [4.69, 9.17) is 4.74 Å². The normalized spacial score (nSPS) is 22.3. The molecule has 1 aromatic carbocycles. The molecule has 1 atom stereocenters. The van der Waals surface area contributed by atoms with Gasteiger partial charge in [-0.15, -0.1) is 0 Å². The first-order valence-corrected chi connectivity index (χ1v) is 9.05. The molecule has 0 radical (unpaired) electrons. The molecular formula is C19H24N2O3. The van der Waals surface area contributed by atoms with Crippen molar-refractivity contribution in [3.8, 4) is 5.75 Å². The summed E-state index contributed by atoms with van der Waals surface area (Å²) >= 11 is 0. The first kappa shape index (κ1) is 15.5. The van der Waals surface area contributed by atoms with Crippen LogP contribution in [0.5, 0.6) is 5.75 Å². The van der Waals surface area contributed by atoms with Crippen molar-refractivity contribution in [1.82, 2.24) is 10.2 Å². The molecule has 1 saturated heterocycles. The third-order valence-electron chi connectivity index (χ3n) is 5.23. The van der Waals surface area contributed by atoms with Crippen molar-refractivity contribution >= 4 is 11.8 Å². The summed E-state index contributed by atoms with van der Waals surface area (Å²) in [7, 11) is 0. The van der Waals surface area contributed by atoms with E-state index in [9.17, 15) is 9.59 Å². The average Bonchev–Trinajstić information content (AvgIpc) is 3.10. The van der Waals surface area contributed by atoms with E-state index in [1.807, 2.05) is 6.07 Å². The molecule has 1 heterocycles. The quantitative estimate of drug-likeness (QED) is 0.897. The van der Waals surface area contributed by atoms with Crippen molar-refractivity contribution in [2.24, 2.45) is 0 Å². The number of carbonyl (C=O) groups excluding carboxylic acids is 2. The molecule has 4 rings (SSSR count). The monoisotopic (exact) mass is 328 g/mol. The van der Waals surface area contributed by atoms with Crippen LogP contribution in [0.1, 0.15) is 43.2 Å². The van der Waals surface area contributed by atoms with Crippen LogP contribution in [0, 0.1) is 0 Å². The van der Waals surface area contributed by atoms with E-state index in [1.165, 1.54) is 17.5 Å². The molecule has 0 aromatic heterocycles. The first-order chi connectivity index (χ1) is 11.7. The summed E-state index contributed by atoms with van der Waals surface area (Å²) in [5, 5.41) is 3.01. The lowest BCUT2D eigenvalue weighted by molar-refractivity contribution is -0.140. The summed E-state index contributed by atoms with van der Waals surface area (Å²) in [5.41, 5.74) is 2.73. The van der Waals surface area contributed by atoms with Gasteiger partial charge >= 0.3 is 0 Å². The van der Waals surface area contributed by atoms with Crippen LogP contribution in [0.4, 0.5) is 0 Å². The Labute approximate surface area is 142 Å². The van der Waals surface area contributed by atoms with Gasteiger partial charge in [-0.1, -0.05) is 6.07 Å². The number of rotatable bonds is 5. The maximum atomic E-state index is 12.5. The van der Waals surface area contributed by atoms with Gasteiger partial charge < -0.3 is 15.0 Å². The molecular weight excluding hydrogens is 304 g/mol. The molecule has 0 bridgehead atoms. The third-order valence-corrected chi connectivity index (χ3v) is 5.23. The zero-order chi connectivity index (χ0) is 16.5. The fourth-order valence-electron chi connectivity index (χ4n) is 3.73. The van der Waals surface area contributed by atoms with Gasteiger partial charge in [0.15, 0.2) is 6.61 Å². The maximum Gasteiger partial charge on any atom is 0.261 e. The van der Waals surface area contributed by atoms with Gasteiger partial charge in [0.25, 0.3) is 5.91 Å². The molecule has 128 valence electrons. The topological polar surface area (TPSA) is 58.6 Å². The highest BCUT2D eigenvalue weighted by atomic mass is 16.5. The molecule has 1 unspecified atom stereocenters. The lowest BCUT2D eigenvalue weighted by Gasteiger charge is -2.24. The molecule has 1 aromatic rings. The van der Waals surface area contributed by atoms with Crippen LogP contribution < -0.4 is 10.1 Å². The highest BCUT2D eigenvalue weighted by molar-refractivity contribution is 5.89. The van der Waals surface area contributed by atoms with Crippen molar-refractivity contribution in [2.75, 3.05) is 13.2 Å². The number of fused-ring (bicyclic) bond motifs is 1. The van der Waals surface area contributed by atoms with Crippen LogP contribution in [-0.4, -0.2) is 41.9 Å². The Morgan fingerprint density at radius 3 is 2.79 bits per heavy atom. The van der Waals surface area contributed by atoms with E-state index in [0.717, 1.165) is 44.3 Å². The van der Waals surface area contributed by atoms with Gasteiger partial charge in [0.05, 0.1) is 0 Å². The van der Waals surface area contributed by atoms with Crippen molar-refractivity contribution in [3.63, 3.8) is 0 Å². The third kappa shape index (κ3) is 3.25. The number of amides is 2.